The van der Waals surface area contributed by atoms with Crippen molar-refractivity contribution < 1.29 is 9.53 Å². The van der Waals surface area contributed by atoms with E-state index in [4.69, 9.17) is 4.74 Å². The minimum Gasteiger partial charge on any atom is -0.456 e. The first kappa shape index (κ1) is 16.0. The summed E-state index contributed by atoms with van der Waals surface area (Å²) in [5, 5.41) is 0. The summed E-state index contributed by atoms with van der Waals surface area (Å²) in [6, 6.07) is 22.3. The Morgan fingerprint density at radius 2 is 1.39 bits per heavy atom. The Balaban J connectivity index is 1.93. The van der Waals surface area contributed by atoms with Crippen LogP contribution in [0, 0.1) is 0 Å². The number of hydrogen-bond donors (Lipinski definition) is 0. The van der Waals surface area contributed by atoms with Crippen molar-refractivity contribution in [1.82, 2.24) is 0 Å². The molecule has 3 aromatic rings. The van der Waals surface area contributed by atoms with E-state index in [-0.39, 0.29) is 5.78 Å². The molecule has 0 N–H and O–H groups in total. The van der Waals surface area contributed by atoms with Gasteiger partial charge in [-0.05, 0) is 56.1 Å². The monoisotopic (exact) mass is 430 g/mol. The Kier molecular flexibility index (Phi) is 4.94. The number of para-hydroxylation sites is 1. The van der Waals surface area contributed by atoms with Gasteiger partial charge in [0.2, 0.25) is 0 Å². The van der Waals surface area contributed by atoms with Crippen molar-refractivity contribution in [3.63, 3.8) is 0 Å². The summed E-state index contributed by atoms with van der Waals surface area (Å²) < 4.78 is 7.26. The molecule has 23 heavy (non-hydrogen) atoms. The molecule has 0 spiro atoms. The highest BCUT2D eigenvalue weighted by atomic mass is 79.9. The zero-order valence-corrected chi connectivity index (χ0v) is 15.2. The Morgan fingerprint density at radius 3 is 2.04 bits per heavy atom. The van der Waals surface area contributed by atoms with Crippen molar-refractivity contribution >= 4 is 37.6 Å². The van der Waals surface area contributed by atoms with Gasteiger partial charge < -0.3 is 4.74 Å². The van der Waals surface area contributed by atoms with E-state index in [0.717, 1.165) is 10.2 Å². The minimum absolute atomic E-state index is 0.0376. The largest absolute Gasteiger partial charge is 0.456 e. The molecule has 0 radical (unpaired) electrons. The minimum atomic E-state index is -0.0376. The third kappa shape index (κ3) is 3.71. The number of ether oxygens (including phenoxy) is 1. The average molecular weight is 432 g/mol. The standard InChI is InChI=1S/C19H12Br2O2/c20-16-12-18(23-14-9-5-2-6-10-14)17(21)11-15(16)19(22)13-7-3-1-4-8-13/h1-12H. The van der Waals surface area contributed by atoms with Crippen LogP contribution in [0.2, 0.25) is 0 Å². The highest BCUT2D eigenvalue weighted by Gasteiger charge is 2.16. The van der Waals surface area contributed by atoms with E-state index in [0.29, 0.717) is 21.3 Å². The van der Waals surface area contributed by atoms with Crippen LogP contribution in [-0.4, -0.2) is 5.78 Å². The van der Waals surface area contributed by atoms with Gasteiger partial charge in [0.15, 0.2) is 5.78 Å². The zero-order valence-electron chi connectivity index (χ0n) is 12.0. The van der Waals surface area contributed by atoms with Crippen molar-refractivity contribution in [2.45, 2.75) is 0 Å². The molecule has 3 rings (SSSR count). The number of carbonyl (C=O) groups is 1. The number of carbonyl (C=O) groups excluding carboxylic acids is 1. The van der Waals surface area contributed by atoms with Crippen LogP contribution < -0.4 is 4.74 Å². The molecule has 0 unspecified atom stereocenters. The van der Waals surface area contributed by atoms with Crippen LogP contribution >= 0.6 is 31.9 Å². The van der Waals surface area contributed by atoms with Gasteiger partial charge in [0.1, 0.15) is 11.5 Å². The van der Waals surface area contributed by atoms with Crippen molar-refractivity contribution in [2.24, 2.45) is 0 Å². The fourth-order valence-electron chi connectivity index (χ4n) is 2.14. The fraction of sp³-hybridized carbons (Fsp3) is 0. The van der Waals surface area contributed by atoms with Crippen molar-refractivity contribution in [3.8, 4) is 11.5 Å². The molecule has 0 aromatic heterocycles. The Labute approximate surface area is 151 Å². The Bertz CT molecular complexity index is 831. The van der Waals surface area contributed by atoms with E-state index in [1.54, 1.807) is 24.3 Å². The lowest BCUT2D eigenvalue weighted by Crippen LogP contribution is -2.02. The van der Waals surface area contributed by atoms with Gasteiger partial charge in [0.05, 0.1) is 4.47 Å². The topological polar surface area (TPSA) is 26.3 Å². The lowest BCUT2D eigenvalue weighted by molar-refractivity contribution is 0.103. The van der Waals surface area contributed by atoms with E-state index >= 15 is 0 Å². The molecule has 0 saturated heterocycles. The quantitative estimate of drug-likeness (QED) is 0.457. The molecule has 0 fully saturated rings. The number of halogens is 2. The SMILES string of the molecule is O=C(c1ccccc1)c1cc(Br)c(Oc2ccccc2)cc1Br. The molecule has 0 heterocycles. The molecule has 0 aliphatic rings. The van der Waals surface area contributed by atoms with E-state index in [9.17, 15) is 4.79 Å². The Hall–Kier alpha value is -1.91. The molecule has 114 valence electrons. The van der Waals surface area contributed by atoms with Crippen molar-refractivity contribution in [1.29, 1.82) is 0 Å². The molecular weight excluding hydrogens is 420 g/mol. The van der Waals surface area contributed by atoms with Gasteiger partial charge in [-0.15, -0.1) is 0 Å². The van der Waals surface area contributed by atoms with Gasteiger partial charge in [-0.3, -0.25) is 4.79 Å². The first-order valence-electron chi connectivity index (χ1n) is 6.97. The van der Waals surface area contributed by atoms with E-state index in [2.05, 4.69) is 31.9 Å². The second-order valence-corrected chi connectivity index (χ2v) is 6.58. The van der Waals surface area contributed by atoms with Crippen LogP contribution in [0.5, 0.6) is 11.5 Å². The van der Waals surface area contributed by atoms with Crippen molar-refractivity contribution in [3.05, 3.63) is 92.9 Å². The summed E-state index contributed by atoms with van der Waals surface area (Å²) >= 11 is 6.95. The van der Waals surface area contributed by atoms with Gasteiger partial charge in [0.25, 0.3) is 0 Å². The van der Waals surface area contributed by atoms with Gasteiger partial charge in [0, 0.05) is 15.6 Å². The molecule has 2 nitrogen and oxygen atoms in total. The lowest BCUT2D eigenvalue weighted by atomic mass is 10.0. The molecule has 0 atom stereocenters. The zero-order chi connectivity index (χ0) is 16.2. The normalized spacial score (nSPS) is 10.3. The second-order valence-electron chi connectivity index (χ2n) is 4.87. The molecule has 3 aromatic carbocycles. The van der Waals surface area contributed by atoms with Gasteiger partial charge in [-0.25, -0.2) is 0 Å². The first-order valence-corrected chi connectivity index (χ1v) is 8.55. The summed E-state index contributed by atoms with van der Waals surface area (Å²) in [5.74, 6) is 1.35. The van der Waals surface area contributed by atoms with E-state index < -0.39 is 0 Å². The maximum atomic E-state index is 12.6. The first-order chi connectivity index (χ1) is 11.1. The van der Waals surface area contributed by atoms with Gasteiger partial charge in [-0.1, -0.05) is 48.5 Å². The van der Waals surface area contributed by atoms with E-state index in [1.807, 2.05) is 48.5 Å². The third-order valence-corrected chi connectivity index (χ3v) is 4.55. The second kappa shape index (κ2) is 7.11. The molecule has 0 aliphatic carbocycles. The van der Waals surface area contributed by atoms with E-state index in [1.165, 1.54) is 0 Å². The lowest BCUT2D eigenvalue weighted by Gasteiger charge is -2.11. The molecular formula is C19H12Br2O2. The summed E-state index contributed by atoms with van der Waals surface area (Å²) in [5.41, 5.74) is 1.24. The highest BCUT2D eigenvalue weighted by Crippen LogP contribution is 2.35. The number of hydrogen-bond acceptors (Lipinski definition) is 2. The average Bonchev–Trinajstić information content (AvgIpc) is 2.59. The fourth-order valence-corrected chi connectivity index (χ4v) is 3.07. The molecule has 4 heteroatoms. The summed E-state index contributed by atoms with van der Waals surface area (Å²) in [7, 11) is 0. The smallest absolute Gasteiger partial charge is 0.194 e. The summed E-state index contributed by atoms with van der Waals surface area (Å²) in [6.07, 6.45) is 0. The maximum Gasteiger partial charge on any atom is 0.194 e. The maximum absolute atomic E-state index is 12.6. The van der Waals surface area contributed by atoms with Crippen LogP contribution in [0.3, 0.4) is 0 Å². The predicted molar refractivity (Wildman–Crippen MR) is 98.2 cm³/mol. The van der Waals surface area contributed by atoms with Crippen LogP contribution in [0.15, 0.2) is 81.7 Å². The van der Waals surface area contributed by atoms with Crippen LogP contribution in [0.4, 0.5) is 0 Å². The predicted octanol–water partition coefficient (Wildman–Crippen LogP) is 6.23. The van der Waals surface area contributed by atoms with Crippen LogP contribution in [0.25, 0.3) is 0 Å². The van der Waals surface area contributed by atoms with Crippen LogP contribution in [0.1, 0.15) is 15.9 Å². The molecule has 0 aliphatic heterocycles. The van der Waals surface area contributed by atoms with Crippen molar-refractivity contribution in [2.75, 3.05) is 0 Å². The summed E-state index contributed by atoms with van der Waals surface area (Å²) in [6.45, 7) is 0. The number of ketones is 1. The van der Waals surface area contributed by atoms with Crippen LogP contribution in [-0.2, 0) is 0 Å². The third-order valence-electron chi connectivity index (χ3n) is 3.27. The highest BCUT2D eigenvalue weighted by molar-refractivity contribution is 9.11. The summed E-state index contributed by atoms with van der Waals surface area (Å²) in [4.78, 5) is 12.6. The number of rotatable bonds is 4. The van der Waals surface area contributed by atoms with Gasteiger partial charge >= 0.3 is 0 Å². The molecule has 0 saturated carbocycles. The van der Waals surface area contributed by atoms with Gasteiger partial charge in [-0.2, -0.15) is 0 Å². The molecule has 0 bridgehead atoms. The molecule has 0 amide bonds. The Morgan fingerprint density at radius 1 is 0.783 bits per heavy atom. The number of benzene rings is 3.